The van der Waals surface area contributed by atoms with E-state index in [0.29, 0.717) is 0 Å². The highest BCUT2D eigenvalue weighted by Gasteiger charge is 2.24. The summed E-state index contributed by atoms with van der Waals surface area (Å²) in [6, 6.07) is 104. The molecule has 0 N–H and O–H groups in total. The van der Waals surface area contributed by atoms with Gasteiger partial charge in [-0.05, 0) is 191 Å². The van der Waals surface area contributed by atoms with Crippen LogP contribution in [0.25, 0.3) is 87.6 Å². The van der Waals surface area contributed by atoms with Gasteiger partial charge in [-0.15, -0.1) is 11.8 Å². The molecular weight excluding hydrogens is 977 g/mol. The highest BCUT2D eigenvalue weighted by atomic mass is 32.2. The second-order valence-electron chi connectivity index (χ2n) is 21.3. The summed E-state index contributed by atoms with van der Waals surface area (Å²) in [7, 11) is -1.57. The molecule has 0 radical (unpaired) electrons. The minimum atomic E-state index is -1.57. The van der Waals surface area contributed by atoms with E-state index in [2.05, 4.69) is 315 Å². The van der Waals surface area contributed by atoms with Gasteiger partial charge in [0.2, 0.25) is 0 Å². The number of rotatable bonds is 12. The van der Waals surface area contributed by atoms with E-state index in [0.717, 1.165) is 34.1 Å². The van der Waals surface area contributed by atoms with E-state index in [1.165, 1.54) is 97.7 Å². The van der Waals surface area contributed by atoms with Crippen molar-refractivity contribution in [3.63, 3.8) is 0 Å². The monoisotopic (exact) mass is 1030 g/mol. The second-order valence-corrected chi connectivity index (χ2v) is 27.3. The molecule has 0 saturated heterocycles. The van der Waals surface area contributed by atoms with Crippen LogP contribution >= 0.6 is 11.8 Å². The van der Waals surface area contributed by atoms with Crippen molar-refractivity contribution in [1.29, 1.82) is 0 Å². The molecule has 0 aliphatic heterocycles. The third kappa shape index (κ3) is 9.34. The van der Waals surface area contributed by atoms with Crippen LogP contribution in [0.1, 0.15) is 0 Å². The fourth-order valence-electron chi connectivity index (χ4n) is 11.4. The van der Waals surface area contributed by atoms with E-state index in [4.69, 9.17) is 0 Å². The van der Waals surface area contributed by atoms with Crippen LogP contribution in [0, 0.1) is 0 Å². The van der Waals surface area contributed by atoms with Gasteiger partial charge in [0.15, 0.2) is 0 Å². The quantitative estimate of drug-likeness (QED) is 0.0684. The van der Waals surface area contributed by atoms with Gasteiger partial charge >= 0.3 is 0 Å². The van der Waals surface area contributed by atoms with Gasteiger partial charge in [-0.2, -0.15) is 0 Å². The van der Waals surface area contributed by atoms with Crippen molar-refractivity contribution < 1.29 is 0 Å². The molecule has 0 unspecified atom stereocenters. The highest BCUT2D eigenvalue weighted by molar-refractivity contribution is 7.98. The minimum Gasteiger partial charge on any atom is -0.310 e. The number of fused-ring (bicyclic) bond motifs is 4. The lowest BCUT2D eigenvalue weighted by Crippen LogP contribution is -2.37. The highest BCUT2D eigenvalue weighted by Crippen LogP contribution is 2.49. The molecule has 4 heteroatoms. The Hall–Kier alpha value is -8.93. The van der Waals surface area contributed by atoms with Crippen molar-refractivity contribution in [3.8, 4) is 44.5 Å². The Kier molecular flexibility index (Phi) is 12.8. The first kappa shape index (κ1) is 48.7. The molecule has 2 nitrogen and oxygen atoms in total. The van der Waals surface area contributed by atoms with Crippen LogP contribution in [0.3, 0.4) is 0 Å². The lowest BCUT2D eigenvalue weighted by Gasteiger charge is -2.29. The normalized spacial score (nSPS) is 11.6. The van der Waals surface area contributed by atoms with Gasteiger partial charge in [0.1, 0.15) is 0 Å². The second kappa shape index (κ2) is 20.5. The van der Waals surface area contributed by atoms with Crippen molar-refractivity contribution in [3.05, 3.63) is 279 Å². The van der Waals surface area contributed by atoms with Crippen LogP contribution in [0.2, 0.25) is 19.6 Å². The van der Waals surface area contributed by atoms with Crippen molar-refractivity contribution in [2.75, 3.05) is 16.1 Å². The van der Waals surface area contributed by atoms with Gasteiger partial charge in [-0.3, -0.25) is 0 Å². The fourth-order valence-corrected chi connectivity index (χ4v) is 13.0. The van der Waals surface area contributed by atoms with Crippen molar-refractivity contribution in [2.45, 2.75) is 24.5 Å². The smallest absolute Gasteiger partial charge is 0.0775 e. The summed E-state index contributed by atoms with van der Waals surface area (Å²) in [5.41, 5.74) is 16.1. The van der Waals surface area contributed by atoms with Crippen LogP contribution in [0.5, 0.6) is 0 Å². The molecule has 0 aliphatic carbocycles. The van der Waals surface area contributed by atoms with Gasteiger partial charge in [-0.1, -0.05) is 207 Å². The summed E-state index contributed by atoms with van der Waals surface area (Å²) in [5.74, 6) is 0. The van der Waals surface area contributed by atoms with Gasteiger partial charge < -0.3 is 9.80 Å². The van der Waals surface area contributed by atoms with Gasteiger partial charge in [-0.25, -0.2) is 0 Å². The SMILES string of the molecule is CSc1ccc(N(c2ccc(-c3ccccc3)cc2)c2ccc3c(-c4ccc5ccccc5c4)c4cc(N(c5ccc(-c6ccccc6)cc5)c5ccc([Si](C)(C)C)cc5)ccc4c(-c4ccc5ccccc5c4)c3c2)cc1. The van der Waals surface area contributed by atoms with E-state index >= 15 is 0 Å². The predicted octanol–water partition coefficient (Wildman–Crippen LogP) is 21.2. The van der Waals surface area contributed by atoms with Crippen LogP contribution in [-0.2, 0) is 0 Å². The van der Waals surface area contributed by atoms with Crippen molar-refractivity contribution in [2.24, 2.45) is 0 Å². The summed E-state index contributed by atoms with van der Waals surface area (Å²) < 4.78 is 0. The first-order valence-corrected chi connectivity index (χ1v) is 31.6. The predicted molar refractivity (Wildman–Crippen MR) is 342 cm³/mol. The number of hydrogen-bond acceptors (Lipinski definition) is 3. The van der Waals surface area contributed by atoms with Gasteiger partial charge in [0, 0.05) is 39.0 Å². The molecular formula is C74H58N2SSi. The van der Waals surface area contributed by atoms with Crippen LogP contribution in [-0.4, -0.2) is 14.3 Å². The number of benzene rings is 13. The maximum atomic E-state index is 2.46. The molecule has 78 heavy (non-hydrogen) atoms. The van der Waals surface area contributed by atoms with Gasteiger partial charge in [0.05, 0.1) is 8.07 Å². The standard InChI is InChI=1S/C74H58N2SSi/c1-77-67-41-35-63(36-42-67)75(61-31-27-55(28-32-61)51-15-7-5-8-16-51)65-39-45-69-71(49-65)73(59-25-23-53-19-11-13-21-57(53)47-59)70-46-40-66(50-72(70)74(69)60-26-24-54-20-12-14-22-58(54)48-60)76(64-37-43-68(44-38-64)78(2,3)4)62-33-29-56(30-34-62)52-17-9-6-10-18-52/h5-50H,1-4H3. The third-order valence-corrected chi connectivity index (χ3v) is 18.3. The number of hydrogen-bond donors (Lipinski definition) is 0. The zero-order valence-corrected chi connectivity index (χ0v) is 46.2. The van der Waals surface area contributed by atoms with Crippen molar-refractivity contribution in [1.82, 2.24) is 0 Å². The Balaban J connectivity index is 1.09. The summed E-state index contributed by atoms with van der Waals surface area (Å²) >= 11 is 1.76. The molecule has 374 valence electrons. The first-order chi connectivity index (χ1) is 38.2. The Morgan fingerprint density at radius 1 is 0.269 bits per heavy atom. The van der Waals surface area contributed by atoms with E-state index in [1.807, 2.05) is 0 Å². The summed E-state index contributed by atoms with van der Waals surface area (Å²) in [6.45, 7) is 7.26. The average molecular weight is 1040 g/mol. The average Bonchev–Trinajstić information content (AvgIpc) is 3.52. The maximum Gasteiger partial charge on any atom is 0.0775 e. The summed E-state index contributed by atoms with van der Waals surface area (Å²) in [5, 5.41) is 11.1. The Bertz CT molecular complexity index is 4300. The topological polar surface area (TPSA) is 6.48 Å². The van der Waals surface area contributed by atoms with Crippen LogP contribution < -0.4 is 15.0 Å². The zero-order valence-electron chi connectivity index (χ0n) is 44.4. The molecule has 13 rings (SSSR count). The summed E-state index contributed by atoms with van der Waals surface area (Å²) in [6.07, 6.45) is 2.14. The molecule has 0 bridgehead atoms. The van der Waals surface area contributed by atoms with Gasteiger partial charge in [0.25, 0.3) is 0 Å². The summed E-state index contributed by atoms with van der Waals surface area (Å²) in [4.78, 5) is 6.09. The van der Waals surface area contributed by atoms with Crippen LogP contribution in [0.4, 0.5) is 34.1 Å². The number of thioether (sulfide) groups is 1. The molecule has 13 aromatic carbocycles. The fraction of sp³-hybridized carbons (Fsp3) is 0.0541. The zero-order chi connectivity index (χ0) is 52.7. The van der Waals surface area contributed by atoms with E-state index in [-0.39, 0.29) is 0 Å². The molecule has 0 heterocycles. The van der Waals surface area contributed by atoms with Crippen LogP contribution in [0.15, 0.2) is 284 Å². The Labute approximate surface area is 463 Å². The molecule has 0 aromatic heterocycles. The molecule has 0 amide bonds. The molecule has 0 atom stereocenters. The number of anilines is 6. The van der Waals surface area contributed by atoms with E-state index in [1.54, 1.807) is 11.8 Å². The van der Waals surface area contributed by atoms with E-state index < -0.39 is 8.07 Å². The molecule has 0 spiro atoms. The molecule has 0 fully saturated rings. The Morgan fingerprint density at radius 3 is 1.00 bits per heavy atom. The largest absolute Gasteiger partial charge is 0.310 e. The number of nitrogens with zero attached hydrogens (tertiary/aromatic N) is 2. The maximum absolute atomic E-state index is 2.46. The molecule has 0 saturated carbocycles. The minimum absolute atomic E-state index is 1.08. The van der Waals surface area contributed by atoms with E-state index in [9.17, 15) is 0 Å². The third-order valence-electron chi connectivity index (χ3n) is 15.5. The van der Waals surface area contributed by atoms with Crippen molar-refractivity contribution >= 4 is 102 Å². The molecule has 0 aliphatic rings. The molecule has 13 aromatic rings. The lowest BCUT2D eigenvalue weighted by molar-refractivity contribution is 1.27. The first-order valence-electron chi connectivity index (χ1n) is 26.9. The Morgan fingerprint density at radius 2 is 0.603 bits per heavy atom. The lowest BCUT2D eigenvalue weighted by atomic mass is 9.84.